The van der Waals surface area contributed by atoms with Crippen LogP contribution in [0.15, 0.2) is 0 Å². The second-order valence-electron chi connectivity index (χ2n) is 4.91. The number of hydrogen-bond donors (Lipinski definition) is 0. The summed E-state index contributed by atoms with van der Waals surface area (Å²) in [6.07, 6.45) is 11.7. The molecule has 0 aliphatic heterocycles. The minimum atomic E-state index is 0.149. The van der Waals surface area contributed by atoms with Crippen molar-refractivity contribution < 1.29 is 0 Å². The minimum absolute atomic E-state index is 0.149. The molecule has 0 atom stereocenters. The molecule has 0 saturated heterocycles. The van der Waals surface area contributed by atoms with E-state index in [4.69, 9.17) is 0 Å². The summed E-state index contributed by atoms with van der Waals surface area (Å²) in [6, 6.07) is 0. The summed E-state index contributed by atoms with van der Waals surface area (Å²) in [7, 11) is 0. The molecule has 0 aromatic carbocycles. The second-order valence-corrected chi connectivity index (χ2v) is 13.5. The van der Waals surface area contributed by atoms with Gasteiger partial charge in [0.1, 0.15) is 0 Å². The summed E-state index contributed by atoms with van der Waals surface area (Å²) < 4.78 is 6.50. The molecule has 0 bridgehead atoms. The Morgan fingerprint density at radius 1 is 0.444 bits per heavy atom. The van der Waals surface area contributed by atoms with Gasteiger partial charge in [-0.05, 0) is 0 Å². The molecule has 0 amide bonds. The Bertz CT molecular complexity index is 89.7. The van der Waals surface area contributed by atoms with Crippen molar-refractivity contribution in [1.29, 1.82) is 0 Å². The predicted octanol–water partition coefficient (Wildman–Crippen LogP) is 6.25. The first-order valence-electron chi connectivity index (χ1n) is 8.24. The fourth-order valence-electron chi connectivity index (χ4n) is 1.46. The van der Waals surface area contributed by atoms with E-state index < -0.39 is 0 Å². The zero-order chi connectivity index (χ0) is 13.9. The van der Waals surface area contributed by atoms with Crippen LogP contribution in [0.5, 0.6) is 0 Å². The molecule has 0 unspecified atom stereocenters. The average Bonchev–Trinajstić information content (AvgIpc) is 2.39. The first kappa shape index (κ1) is 21.9. The maximum atomic E-state index is 2.29. The monoisotopic (exact) mass is 468 g/mol. The van der Waals surface area contributed by atoms with Crippen LogP contribution in [-0.4, -0.2) is 42.3 Å². The van der Waals surface area contributed by atoms with Gasteiger partial charge < -0.3 is 0 Å². The second kappa shape index (κ2) is 23.7. The van der Waals surface area contributed by atoms with Crippen LogP contribution in [-0.2, 0) is 0 Å². The summed E-state index contributed by atoms with van der Waals surface area (Å²) in [5.74, 6) is 0. The van der Waals surface area contributed by atoms with E-state index >= 15 is 0 Å². The Kier molecular flexibility index (Phi) is 28.8. The first-order chi connectivity index (χ1) is 8.83. The molecular weight excluding hydrogens is 430 g/mol. The zero-order valence-corrected chi connectivity index (χ0v) is 19.2. The van der Waals surface area contributed by atoms with Crippen molar-refractivity contribution in [3.8, 4) is 0 Å². The van der Waals surface area contributed by atoms with Crippen molar-refractivity contribution in [2.24, 2.45) is 0 Å². The van der Waals surface area contributed by atoms with Crippen molar-refractivity contribution in [2.45, 2.75) is 96.8 Å². The molecule has 0 saturated carbocycles. The van der Waals surface area contributed by atoms with Crippen molar-refractivity contribution in [2.75, 3.05) is 0 Å². The molecule has 0 heterocycles. The summed E-state index contributed by atoms with van der Waals surface area (Å²) in [5, 5.41) is 0. The summed E-state index contributed by atoms with van der Waals surface area (Å²) in [4.78, 5) is 0. The Morgan fingerprint density at radius 2 is 0.667 bits per heavy atom. The van der Waals surface area contributed by atoms with Gasteiger partial charge in [-0.25, -0.2) is 0 Å². The van der Waals surface area contributed by atoms with Crippen molar-refractivity contribution in [3.63, 3.8) is 0 Å². The molecule has 4 radical (unpaired) electrons. The molecule has 18 heavy (non-hydrogen) atoms. The van der Waals surface area contributed by atoms with E-state index in [1.165, 1.54) is 51.4 Å². The average molecular weight is 466 g/mol. The van der Waals surface area contributed by atoms with Gasteiger partial charge in [-0.1, -0.05) is 0 Å². The third-order valence-electron chi connectivity index (χ3n) is 2.83. The molecule has 0 aromatic rings. The standard InChI is InChI=1S/4C4H9.2Sn/c4*1-3-4-2;;/h4*1,3-4H2,2H3;;. The molecule has 0 aromatic heterocycles. The molecular formula is C16H36Sn2. The van der Waals surface area contributed by atoms with Crippen LogP contribution in [0.2, 0.25) is 17.7 Å². The Balaban J connectivity index is 0. The molecule has 0 nitrogen and oxygen atoms in total. The van der Waals surface area contributed by atoms with Crippen molar-refractivity contribution >= 4 is 42.3 Å². The van der Waals surface area contributed by atoms with Crippen LogP contribution in [0.25, 0.3) is 0 Å². The Morgan fingerprint density at radius 3 is 0.833 bits per heavy atom. The molecule has 0 N–H and O–H groups in total. The topological polar surface area (TPSA) is 0 Å². The number of hydrogen-bond acceptors (Lipinski definition) is 0. The van der Waals surface area contributed by atoms with E-state index in [1.807, 2.05) is 0 Å². The van der Waals surface area contributed by atoms with Crippen LogP contribution in [0.1, 0.15) is 79.1 Å². The van der Waals surface area contributed by atoms with Crippen LogP contribution in [0, 0.1) is 0 Å². The molecule has 0 aliphatic rings. The van der Waals surface area contributed by atoms with Gasteiger partial charge in [0, 0.05) is 0 Å². The summed E-state index contributed by atoms with van der Waals surface area (Å²) in [6.45, 7) is 9.16. The van der Waals surface area contributed by atoms with Crippen molar-refractivity contribution in [3.05, 3.63) is 0 Å². The van der Waals surface area contributed by atoms with Gasteiger partial charge in [0.15, 0.2) is 0 Å². The third kappa shape index (κ3) is 26.2. The number of unbranched alkanes of at least 4 members (excludes halogenated alkanes) is 4. The van der Waals surface area contributed by atoms with Crippen molar-refractivity contribution in [1.82, 2.24) is 0 Å². The Labute approximate surface area is 138 Å². The van der Waals surface area contributed by atoms with E-state index in [9.17, 15) is 0 Å². The fourth-order valence-corrected chi connectivity index (χ4v) is 9.77. The zero-order valence-electron chi connectivity index (χ0n) is 13.5. The normalized spacial score (nSPS) is 10.0. The number of rotatable bonds is 12. The van der Waals surface area contributed by atoms with E-state index in [2.05, 4.69) is 27.7 Å². The SMILES string of the molecule is CCC[CH2][Sn][CH2]CCC.CCC[CH2][Sn][CH2]CCC. The quantitative estimate of drug-likeness (QED) is 0.236. The van der Waals surface area contributed by atoms with Gasteiger partial charge >= 0.3 is 139 Å². The van der Waals surface area contributed by atoms with Gasteiger partial charge in [0.2, 0.25) is 0 Å². The molecule has 0 fully saturated rings. The van der Waals surface area contributed by atoms with Crippen LogP contribution in [0.3, 0.4) is 0 Å². The molecule has 0 aliphatic carbocycles. The first-order valence-corrected chi connectivity index (χ1v) is 16.3. The van der Waals surface area contributed by atoms with Gasteiger partial charge in [0.25, 0.3) is 0 Å². The maximum absolute atomic E-state index is 2.29. The van der Waals surface area contributed by atoms with E-state index in [-0.39, 0.29) is 42.3 Å². The fraction of sp³-hybridized carbons (Fsp3) is 1.00. The van der Waals surface area contributed by atoms with Gasteiger partial charge in [-0.3, -0.25) is 0 Å². The van der Waals surface area contributed by atoms with Crippen LogP contribution >= 0.6 is 0 Å². The molecule has 108 valence electrons. The predicted molar refractivity (Wildman–Crippen MR) is 90.4 cm³/mol. The van der Waals surface area contributed by atoms with E-state index in [1.54, 1.807) is 17.7 Å². The molecule has 0 spiro atoms. The van der Waals surface area contributed by atoms with Crippen LogP contribution < -0.4 is 0 Å². The van der Waals surface area contributed by atoms with E-state index in [0.717, 1.165) is 0 Å². The van der Waals surface area contributed by atoms with Gasteiger partial charge in [-0.2, -0.15) is 0 Å². The van der Waals surface area contributed by atoms with Gasteiger partial charge in [0.05, 0.1) is 0 Å². The Hall–Kier alpha value is 1.60. The molecule has 2 heteroatoms. The summed E-state index contributed by atoms with van der Waals surface area (Å²) >= 11 is 0.299. The van der Waals surface area contributed by atoms with E-state index in [0.29, 0.717) is 0 Å². The van der Waals surface area contributed by atoms with Gasteiger partial charge in [-0.15, -0.1) is 0 Å². The molecule has 0 rings (SSSR count). The third-order valence-corrected chi connectivity index (χ3v) is 10.9. The summed E-state index contributed by atoms with van der Waals surface area (Å²) in [5.41, 5.74) is 0. The van der Waals surface area contributed by atoms with Crippen LogP contribution in [0.4, 0.5) is 0 Å².